The minimum Gasteiger partial charge on any atom is -0.497 e. The zero-order valence-corrected chi connectivity index (χ0v) is 20.5. The number of amides is 1. The quantitative estimate of drug-likeness (QED) is 0.516. The van der Waals surface area contributed by atoms with Crippen LogP contribution in [0.3, 0.4) is 0 Å². The smallest absolute Gasteiger partial charge is 0.238 e. The number of fused-ring (bicyclic) bond motifs is 2. The summed E-state index contributed by atoms with van der Waals surface area (Å²) in [7, 11) is 3.32. The van der Waals surface area contributed by atoms with E-state index in [1.165, 1.54) is 0 Å². The van der Waals surface area contributed by atoms with Gasteiger partial charge in [-0.3, -0.25) is 9.69 Å². The number of nitrogens with zero attached hydrogens (tertiary/aromatic N) is 1. The maximum Gasteiger partial charge on any atom is 0.238 e. The molecule has 1 saturated heterocycles. The molecule has 0 aromatic heterocycles. The highest BCUT2D eigenvalue weighted by Gasteiger charge is 2.50. The third-order valence-electron chi connectivity index (χ3n) is 7.84. The first-order valence-corrected chi connectivity index (χ1v) is 12.5. The molecule has 3 aromatic rings. The number of methoxy groups -OCH3 is 2. The van der Waals surface area contributed by atoms with E-state index in [0.717, 1.165) is 59.2 Å². The molecular formula is C29H34N2O4. The molecule has 0 spiro atoms. The number of hydrogen-bond donors (Lipinski definition) is 2. The number of nitrogens with one attached hydrogen (secondary N) is 1. The number of anilines is 1. The Labute approximate surface area is 206 Å². The molecule has 6 nitrogen and oxygen atoms in total. The standard InChI is InChI=1S/C29H34N2O4/c1-34-21-13-14-26(35-2)23(18-21)28-24-11-5-6-15-29(24,33)16-17-31(28)19-27(32)30-25-12-7-9-20-8-3-4-10-22(20)25/h3-4,7-10,12-14,18,24,28,33H,5-6,11,15-17,19H2,1-2H3,(H,30,32)/t24-,28-,29-/m0/s1. The Hall–Kier alpha value is -3.09. The molecule has 0 unspecified atom stereocenters. The van der Waals surface area contributed by atoms with Crippen LogP contribution in [0.15, 0.2) is 60.7 Å². The monoisotopic (exact) mass is 474 g/mol. The van der Waals surface area contributed by atoms with Crippen molar-refractivity contribution in [3.63, 3.8) is 0 Å². The summed E-state index contributed by atoms with van der Waals surface area (Å²) in [5.41, 5.74) is 1.06. The normalized spacial score (nSPS) is 24.5. The van der Waals surface area contributed by atoms with Crippen molar-refractivity contribution < 1.29 is 19.4 Å². The maximum atomic E-state index is 13.3. The van der Waals surface area contributed by atoms with E-state index in [1.807, 2.05) is 60.7 Å². The second-order valence-electron chi connectivity index (χ2n) is 9.80. The van der Waals surface area contributed by atoms with Gasteiger partial charge in [-0.25, -0.2) is 0 Å². The Balaban J connectivity index is 1.46. The van der Waals surface area contributed by atoms with Gasteiger partial charge in [0.2, 0.25) is 5.91 Å². The number of ether oxygens (including phenoxy) is 2. The molecule has 1 heterocycles. The Kier molecular flexibility index (Phi) is 6.67. The summed E-state index contributed by atoms with van der Waals surface area (Å²) < 4.78 is 11.3. The van der Waals surface area contributed by atoms with Gasteiger partial charge in [-0.2, -0.15) is 0 Å². The van der Waals surface area contributed by atoms with Gasteiger partial charge in [0.05, 0.1) is 26.4 Å². The number of rotatable bonds is 6. The summed E-state index contributed by atoms with van der Waals surface area (Å²) in [6.07, 6.45) is 4.50. The van der Waals surface area contributed by atoms with Crippen molar-refractivity contribution in [1.29, 1.82) is 0 Å². The molecule has 1 saturated carbocycles. The van der Waals surface area contributed by atoms with Crippen LogP contribution >= 0.6 is 0 Å². The zero-order valence-electron chi connectivity index (χ0n) is 20.5. The molecular weight excluding hydrogens is 440 g/mol. The van der Waals surface area contributed by atoms with Crippen molar-refractivity contribution in [2.75, 3.05) is 32.6 Å². The number of piperidine rings is 1. The topological polar surface area (TPSA) is 71.0 Å². The summed E-state index contributed by atoms with van der Waals surface area (Å²) in [6.45, 7) is 0.877. The summed E-state index contributed by atoms with van der Waals surface area (Å²) in [5.74, 6) is 1.46. The Morgan fingerprint density at radius 2 is 1.89 bits per heavy atom. The molecule has 184 valence electrons. The van der Waals surface area contributed by atoms with Crippen molar-refractivity contribution in [3.05, 3.63) is 66.2 Å². The zero-order chi connectivity index (χ0) is 24.4. The number of benzene rings is 3. The van der Waals surface area contributed by atoms with Gasteiger partial charge in [-0.05, 0) is 48.9 Å². The fraction of sp³-hybridized carbons (Fsp3) is 0.414. The van der Waals surface area contributed by atoms with E-state index < -0.39 is 5.60 Å². The van der Waals surface area contributed by atoms with Crippen molar-refractivity contribution in [2.45, 2.75) is 43.7 Å². The number of aliphatic hydroxyl groups is 1. The molecule has 0 radical (unpaired) electrons. The van der Waals surface area contributed by atoms with Gasteiger partial charge in [-0.15, -0.1) is 0 Å². The lowest BCUT2D eigenvalue weighted by Gasteiger charge is -2.52. The lowest BCUT2D eigenvalue weighted by molar-refractivity contribution is -0.135. The fourth-order valence-electron chi connectivity index (χ4n) is 6.11. The highest BCUT2D eigenvalue weighted by atomic mass is 16.5. The second kappa shape index (κ2) is 9.88. The van der Waals surface area contributed by atoms with Crippen LogP contribution in [-0.2, 0) is 4.79 Å². The van der Waals surface area contributed by atoms with Crippen LogP contribution in [0.5, 0.6) is 11.5 Å². The second-order valence-corrected chi connectivity index (χ2v) is 9.80. The molecule has 2 aliphatic rings. The fourth-order valence-corrected chi connectivity index (χ4v) is 6.11. The third-order valence-corrected chi connectivity index (χ3v) is 7.84. The lowest BCUT2D eigenvalue weighted by atomic mass is 9.66. The van der Waals surface area contributed by atoms with Crippen LogP contribution in [0.25, 0.3) is 10.8 Å². The predicted octanol–water partition coefficient (Wildman–Crippen LogP) is 5.16. The van der Waals surface area contributed by atoms with E-state index in [9.17, 15) is 9.90 Å². The van der Waals surface area contributed by atoms with Gasteiger partial charge in [0.1, 0.15) is 11.5 Å². The van der Waals surface area contributed by atoms with Crippen LogP contribution < -0.4 is 14.8 Å². The van der Waals surface area contributed by atoms with E-state index in [4.69, 9.17) is 9.47 Å². The molecule has 35 heavy (non-hydrogen) atoms. The summed E-state index contributed by atoms with van der Waals surface area (Å²) >= 11 is 0. The molecule has 0 bridgehead atoms. The van der Waals surface area contributed by atoms with Crippen molar-refractivity contribution >= 4 is 22.4 Å². The van der Waals surface area contributed by atoms with E-state index in [-0.39, 0.29) is 24.4 Å². The van der Waals surface area contributed by atoms with Crippen LogP contribution in [-0.4, -0.2) is 48.8 Å². The number of carbonyl (C=O) groups is 1. The average Bonchev–Trinajstić information content (AvgIpc) is 2.88. The highest BCUT2D eigenvalue weighted by Crippen LogP contribution is 2.51. The van der Waals surface area contributed by atoms with Gasteiger partial charge in [0.15, 0.2) is 0 Å². The van der Waals surface area contributed by atoms with Crippen molar-refractivity contribution in [3.8, 4) is 11.5 Å². The minimum atomic E-state index is -0.723. The molecule has 1 aliphatic heterocycles. The molecule has 1 aliphatic carbocycles. The van der Waals surface area contributed by atoms with Crippen LogP contribution in [0, 0.1) is 5.92 Å². The van der Waals surface area contributed by atoms with Gasteiger partial charge in [0.25, 0.3) is 0 Å². The first-order chi connectivity index (χ1) is 17.0. The van der Waals surface area contributed by atoms with Gasteiger partial charge in [-0.1, -0.05) is 49.2 Å². The maximum absolute atomic E-state index is 13.3. The van der Waals surface area contributed by atoms with Gasteiger partial charge >= 0.3 is 0 Å². The van der Waals surface area contributed by atoms with E-state index >= 15 is 0 Å². The molecule has 2 fully saturated rings. The lowest BCUT2D eigenvalue weighted by Crippen LogP contribution is -2.56. The number of likely N-dealkylation sites (tertiary alicyclic amines) is 1. The average molecular weight is 475 g/mol. The number of hydrogen-bond acceptors (Lipinski definition) is 5. The largest absolute Gasteiger partial charge is 0.497 e. The first-order valence-electron chi connectivity index (χ1n) is 12.5. The van der Waals surface area contributed by atoms with Crippen LogP contribution in [0.2, 0.25) is 0 Å². The van der Waals surface area contributed by atoms with Gasteiger partial charge in [0, 0.05) is 35.1 Å². The van der Waals surface area contributed by atoms with Gasteiger partial charge < -0.3 is 19.9 Å². The first kappa shape index (κ1) is 23.6. The Bertz CT molecular complexity index is 1210. The predicted molar refractivity (Wildman–Crippen MR) is 138 cm³/mol. The van der Waals surface area contributed by atoms with Crippen LogP contribution in [0.4, 0.5) is 5.69 Å². The third kappa shape index (κ3) is 4.60. The van der Waals surface area contributed by atoms with E-state index in [2.05, 4.69) is 10.2 Å². The Morgan fingerprint density at radius 3 is 2.71 bits per heavy atom. The Morgan fingerprint density at radius 1 is 1.06 bits per heavy atom. The minimum absolute atomic E-state index is 0.0244. The molecule has 2 N–H and O–H groups in total. The molecule has 5 rings (SSSR count). The number of carbonyl (C=O) groups excluding carboxylic acids is 1. The molecule has 3 aromatic carbocycles. The SMILES string of the molecule is COc1ccc(OC)c([C@H]2[C@@H]3CCCC[C@]3(O)CCN2CC(=O)Nc2cccc3ccccc23)c1. The van der Waals surface area contributed by atoms with E-state index in [0.29, 0.717) is 13.0 Å². The van der Waals surface area contributed by atoms with Crippen molar-refractivity contribution in [2.24, 2.45) is 5.92 Å². The van der Waals surface area contributed by atoms with Crippen molar-refractivity contribution in [1.82, 2.24) is 4.90 Å². The van der Waals surface area contributed by atoms with Crippen LogP contribution in [0.1, 0.15) is 43.7 Å². The van der Waals surface area contributed by atoms with E-state index in [1.54, 1.807) is 14.2 Å². The molecule has 6 heteroatoms. The summed E-state index contributed by atoms with van der Waals surface area (Å²) in [4.78, 5) is 15.6. The summed E-state index contributed by atoms with van der Waals surface area (Å²) in [5, 5.41) is 16.9. The summed E-state index contributed by atoms with van der Waals surface area (Å²) in [6, 6.07) is 19.7. The molecule has 3 atom stereocenters. The molecule has 1 amide bonds. The highest BCUT2D eigenvalue weighted by molar-refractivity contribution is 6.02.